The second-order valence-electron chi connectivity index (χ2n) is 4.85. The summed E-state index contributed by atoms with van der Waals surface area (Å²) in [6.45, 7) is 0.00257. The number of nitrogens with two attached hydrogens (primary N) is 1. The average Bonchev–Trinajstić information content (AvgIpc) is 2.39. The molecular formula is C14H22N2O. The molecule has 1 aromatic carbocycles. The summed E-state index contributed by atoms with van der Waals surface area (Å²) in [7, 11) is 1.89. The van der Waals surface area contributed by atoms with Crippen molar-refractivity contribution in [2.45, 2.75) is 37.8 Å². The van der Waals surface area contributed by atoms with Gasteiger partial charge >= 0.3 is 0 Å². The van der Waals surface area contributed by atoms with E-state index in [1.54, 1.807) is 0 Å². The third-order valence-corrected chi connectivity index (χ3v) is 3.68. The third-order valence-electron chi connectivity index (χ3n) is 3.68. The Morgan fingerprint density at radius 3 is 2.65 bits per heavy atom. The molecule has 1 aliphatic carbocycles. The molecule has 4 N–H and O–H groups in total. The summed E-state index contributed by atoms with van der Waals surface area (Å²) in [5, 5.41) is 12.4. The van der Waals surface area contributed by atoms with E-state index >= 15 is 0 Å². The Kier molecular flexibility index (Phi) is 4.15. The lowest BCUT2D eigenvalue weighted by atomic mass is 9.88. The van der Waals surface area contributed by atoms with Gasteiger partial charge in [-0.05, 0) is 49.4 Å². The molecule has 0 bridgehead atoms. The molecule has 0 saturated carbocycles. The Morgan fingerprint density at radius 2 is 2.00 bits per heavy atom. The minimum absolute atomic E-state index is 0.00257. The molecule has 0 saturated heterocycles. The molecule has 0 amide bonds. The molecule has 0 aromatic heterocycles. The largest absolute Gasteiger partial charge is 0.395 e. The van der Waals surface area contributed by atoms with E-state index in [2.05, 4.69) is 23.5 Å². The lowest BCUT2D eigenvalue weighted by Crippen LogP contribution is -2.39. The van der Waals surface area contributed by atoms with Crippen molar-refractivity contribution in [2.75, 3.05) is 13.7 Å². The molecule has 1 aromatic rings. The van der Waals surface area contributed by atoms with Crippen LogP contribution in [0.15, 0.2) is 18.2 Å². The number of nitrogens with one attached hydrogen (secondary N) is 1. The highest BCUT2D eigenvalue weighted by atomic mass is 16.3. The van der Waals surface area contributed by atoms with Crippen LogP contribution in [0, 0.1) is 0 Å². The van der Waals surface area contributed by atoms with E-state index in [1.807, 2.05) is 7.05 Å². The number of benzene rings is 1. The fraction of sp³-hybridized carbons (Fsp3) is 0.571. The monoisotopic (exact) mass is 234 g/mol. The summed E-state index contributed by atoms with van der Waals surface area (Å²) in [5.41, 5.74) is 10.0. The average molecular weight is 234 g/mol. The Bertz CT molecular complexity index is 378. The van der Waals surface area contributed by atoms with E-state index in [0.717, 1.165) is 0 Å². The summed E-state index contributed by atoms with van der Waals surface area (Å²) >= 11 is 0. The Hall–Kier alpha value is -0.900. The molecule has 3 heteroatoms. The predicted octanol–water partition coefficient (Wildman–Crippen LogP) is 1.15. The van der Waals surface area contributed by atoms with Crippen molar-refractivity contribution in [2.24, 2.45) is 5.73 Å². The quantitative estimate of drug-likeness (QED) is 0.732. The first kappa shape index (κ1) is 12.6. The van der Waals surface area contributed by atoms with Crippen molar-refractivity contribution in [1.82, 2.24) is 5.32 Å². The second-order valence-corrected chi connectivity index (χ2v) is 4.85. The highest BCUT2D eigenvalue weighted by molar-refractivity contribution is 5.35. The summed E-state index contributed by atoms with van der Waals surface area (Å²) in [6.07, 6.45) is 4.96. The van der Waals surface area contributed by atoms with Crippen LogP contribution in [-0.4, -0.2) is 24.8 Å². The van der Waals surface area contributed by atoms with Crippen molar-refractivity contribution in [3.8, 4) is 0 Å². The maximum Gasteiger partial charge on any atom is 0.0601 e. The molecule has 1 aliphatic rings. The van der Waals surface area contributed by atoms with Gasteiger partial charge in [-0.1, -0.05) is 18.2 Å². The molecule has 0 spiro atoms. The van der Waals surface area contributed by atoms with Gasteiger partial charge < -0.3 is 16.2 Å². The molecule has 2 rings (SSSR count). The van der Waals surface area contributed by atoms with Gasteiger partial charge in [-0.15, -0.1) is 0 Å². The zero-order chi connectivity index (χ0) is 12.3. The van der Waals surface area contributed by atoms with E-state index in [9.17, 15) is 5.11 Å². The van der Waals surface area contributed by atoms with Crippen LogP contribution < -0.4 is 11.1 Å². The predicted molar refractivity (Wildman–Crippen MR) is 69.9 cm³/mol. The topological polar surface area (TPSA) is 58.3 Å². The van der Waals surface area contributed by atoms with Gasteiger partial charge in [0.25, 0.3) is 0 Å². The van der Waals surface area contributed by atoms with E-state index in [1.165, 1.54) is 42.4 Å². The molecule has 0 heterocycles. The van der Waals surface area contributed by atoms with Crippen LogP contribution in [0.1, 0.15) is 35.6 Å². The smallest absolute Gasteiger partial charge is 0.0601 e. The van der Waals surface area contributed by atoms with Crippen LogP contribution in [0.2, 0.25) is 0 Å². The molecule has 17 heavy (non-hydrogen) atoms. The summed E-state index contributed by atoms with van der Waals surface area (Å²) in [6, 6.07) is 6.40. The van der Waals surface area contributed by atoms with Gasteiger partial charge in [-0.25, -0.2) is 0 Å². The molecule has 2 atom stereocenters. The van der Waals surface area contributed by atoms with Gasteiger partial charge in [0, 0.05) is 12.1 Å². The number of rotatable bonds is 4. The molecule has 0 aliphatic heterocycles. The van der Waals surface area contributed by atoms with Crippen LogP contribution in [0.4, 0.5) is 0 Å². The van der Waals surface area contributed by atoms with E-state index < -0.39 is 0 Å². The number of likely N-dealkylation sites (N-methyl/N-ethyl adjacent to an activating group) is 1. The van der Waals surface area contributed by atoms with E-state index in [-0.39, 0.29) is 18.7 Å². The molecule has 3 nitrogen and oxygen atoms in total. The van der Waals surface area contributed by atoms with E-state index in [4.69, 9.17) is 5.73 Å². The number of aliphatic hydroxyl groups excluding tert-OH is 1. The third kappa shape index (κ3) is 2.68. The SMILES string of the molecule is CNC(c1ccc2c(c1)CCCC2)C(N)CO. The van der Waals surface area contributed by atoms with Crippen LogP contribution in [0.25, 0.3) is 0 Å². The first-order valence-electron chi connectivity index (χ1n) is 6.41. The minimum atomic E-state index is -0.248. The van der Waals surface area contributed by atoms with Gasteiger partial charge in [0.1, 0.15) is 0 Å². The van der Waals surface area contributed by atoms with Gasteiger partial charge in [0.15, 0.2) is 0 Å². The fourth-order valence-corrected chi connectivity index (χ4v) is 2.68. The minimum Gasteiger partial charge on any atom is -0.395 e. The molecular weight excluding hydrogens is 212 g/mol. The number of hydrogen-bond acceptors (Lipinski definition) is 3. The molecule has 2 unspecified atom stereocenters. The summed E-state index contributed by atoms with van der Waals surface area (Å²) < 4.78 is 0. The molecule has 0 fully saturated rings. The lowest BCUT2D eigenvalue weighted by molar-refractivity contribution is 0.240. The van der Waals surface area contributed by atoms with Crippen LogP contribution in [-0.2, 0) is 12.8 Å². The summed E-state index contributed by atoms with van der Waals surface area (Å²) in [4.78, 5) is 0. The highest BCUT2D eigenvalue weighted by Crippen LogP contribution is 2.25. The zero-order valence-corrected chi connectivity index (χ0v) is 10.4. The van der Waals surface area contributed by atoms with Gasteiger partial charge in [-0.3, -0.25) is 0 Å². The van der Waals surface area contributed by atoms with Crippen LogP contribution in [0.3, 0.4) is 0 Å². The lowest BCUT2D eigenvalue weighted by Gasteiger charge is -2.24. The number of hydrogen-bond donors (Lipinski definition) is 3. The second kappa shape index (κ2) is 5.63. The molecule has 0 radical (unpaired) electrons. The normalized spacial score (nSPS) is 18.5. The standard InChI is InChI=1S/C14H22N2O/c1-16-14(13(15)9-17)12-7-6-10-4-2-3-5-11(10)8-12/h6-8,13-14,16-17H,2-5,9,15H2,1H3. The first-order chi connectivity index (χ1) is 8.26. The maximum absolute atomic E-state index is 9.17. The van der Waals surface area contributed by atoms with Crippen molar-refractivity contribution in [3.63, 3.8) is 0 Å². The van der Waals surface area contributed by atoms with Crippen molar-refractivity contribution >= 4 is 0 Å². The van der Waals surface area contributed by atoms with Crippen LogP contribution >= 0.6 is 0 Å². The maximum atomic E-state index is 9.17. The zero-order valence-electron chi connectivity index (χ0n) is 10.4. The van der Waals surface area contributed by atoms with Crippen molar-refractivity contribution in [1.29, 1.82) is 0 Å². The van der Waals surface area contributed by atoms with E-state index in [0.29, 0.717) is 0 Å². The first-order valence-corrected chi connectivity index (χ1v) is 6.41. The van der Waals surface area contributed by atoms with Gasteiger partial charge in [0.2, 0.25) is 0 Å². The number of fused-ring (bicyclic) bond motifs is 1. The Labute approximate surface area is 103 Å². The van der Waals surface area contributed by atoms with Crippen molar-refractivity contribution in [3.05, 3.63) is 34.9 Å². The van der Waals surface area contributed by atoms with Crippen molar-refractivity contribution < 1.29 is 5.11 Å². The van der Waals surface area contributed by atoms with Gasteiger partial charge in [-0.2, -0.15) is 0 Å². The van der Waals surface area contributed by atoms with Gasteiger partial charge in [0.05, 0.1) is 6.61 Å². The number of aryl methyl sites for hydroxylation is 2. The summed E-state index contributed by atoms with van der Waals surface area (Å²) in [5.74, 6) is 0. The molecule has 94 valence electrons. The van der Waals surface area contributed by atoms with Crippen LogP contribution in [0.5, 0.6) is 0 Å². The number of aliphatic hydroxyl groups is 1. The Morgan fingerprint density at radius 1 is 1.29 bits per heavy atom. The fourth-order valence-electron chi connectivity index (χ4n) is 2.68. The Balaban J connectivity index is 2.25. The highest BCUT2D eigenvalue weighted by Gasteiger charge is 2.19.